The summed E-state index contributed by atoms with van der Waals surface area (Å²) in [5, 5.41) is 0. The molecule has 0 unspecified atom stereocenters. The first-order chi connectivity index (χ1) is 30.6. The Balaban J connectivity index is 1.24. The van der Waals surface area contributed by atoms with Gasteiger partial charge in [0.15, 0.2) is 11.6 Å². The molecule has 0 aliphatic rings. The van der Waals surface area contributed by atoms with Crippen LogP contribution in [0.15, 0.2) is 236 Å². The van der Waals surface area contributed by atoms with Gasteiger partial charge in [-0.25, -0.2) is 19.9 Å². The molecule has 0 aliphatic carbocycles. The number of aromatic nitrogens is 4. The number of allylic oxidation sites excluding steroid dienone is 4. The average molecular weight is 801 g/mol. The Labute approximate surface area is 363 Å². The molecule has 0 N–H and O–H groups in total. The third kappa shape index (κ3) is 8.71. The van der Waals surface area contributed by atoms with Crippen molar-refractivity contribution in [3.8, 4) is 56.7 Å². The highest BCUT2D eigenvalue weighted by Gasteiger charge is 2.19. The first-order valence-electron chi connectivity index (χ1n) is 20.8. The second-order valence-electron chi connectivity index (χ2n) is 14.8. The molecule has 9 rings (SSSR count). The second kappa shape index (κ2) is 18.4. The lowest BCUT2D eigenvalue weighted by atomic mass is 10.0. The largest absolute Gasteiger partial charge is 0.314 e. The monoisotopic (exact) mass is 800 g/mol. The molecule has 9 aromatic rings. The molecule has 0 spiro atoms. The van der Waals surface area contributed by atoms with Gasteiger partial charge in [-0.15, -0.1) is 0 Å². The van der Waals surface area contributed by atoms with E-state index in [-0.39, 0.29) is 0 Å². The molecule has 62 heavy (non-hydrogen) atoms. The van der Waals surface area contributed by atoms with Crippen molar-refractivity contribution in [2.75, 3.05) is 9.80 Å². The summed E-state index contributed by atoms with van der Waals surface area (Å²) in [5.41, 5.74) is 13.1. The zero-order valence-electron chi connectivity index (χ0n) is 34.6. The SMILES string of the molecule is C/C=C\C=C(/C)N(c1ccccc1)c1cccc(-c2cc(-c3cccc(N(c4ccccc4)c4ccccc4)c3)nc(-c3nc(-c4ccccc4)cc(-c4ccccc4)n3)n2)c1. The third-order valence-electron chi connectivity index (χ3n) is 10.5. The minimum absolute atomic E-state index is 0.426. The second-order valence-corrected chi connectivity index (χ2v) is 14.8. The van der Waals surface area contributed by atoms with E-state index in [4.69, 9.17) is 19.9 Å². The maximum absolute atomic E-state index is 5.30. The summed E-state index contributed by atoms with van der Waals surface area (Å²) in [6, 6.07) is 72.8. The van der Waals surface area contributed by atoms with Crippen molar-refractivity contribution in [3.05, 3.63) is 236 Å². The van der Waals surface area contributed by atoms with Crippen molar-refractivity contribution in [1.82, 2.24) is 19.9 Å². The van der Waals surface area contributed by atoms with Gasteiger partial charge in [0.25, 0.3) is 0 Å². The van der Waals surface area contributed by atoms with Gasteiger partial charge >= 0.3 is 0 Å². The molecule has 2 heterocycles. The maximum atomic E-state index is 5.30. The van der Waals surface area contributed by atoms with Gasteiger partial charge in [0.1, 0.15) is 0 Å². The molecule has 6 heteroatoms. The number of nitrogens with zero attached hydrogens (tertiary/aromatic N) is 6. The van der Waals surface area contributed by atoms with Crippen LogP contribution in [0.4, 0.5) is 28.4 Å². The van der Waals surface area contributed by atoms with Gasteiger partial charge in [-0.1, -0.05) is 152 Å². The Morgan fingerprint density at radius 3 is 1.18 bits per heavy atom. The molecule has 0 aliphatic heterocycles. The number of benzene rings is 7. The quantitative estimate of drug-likeness (QED) is 0.115. The summed E-state index contributed by atoms with van der Waals surface area (Å²) < 4.78 is 0. The Bertz CT molecular complexity index is 2870. The van der Waals surface area contributed by atoms with Crippen molar-refractivity contribution < 1.29 is 0 Å². The highest BCUT2D eigenvalue weighted by atomic mass is 15.1. The molecule has 0 amide bonds. The summed E-state index contributed by atoms with van der Waals surface area (Å²) in [5.74, 6) is 0.863. The predicted molar refractivity (Wildman–Crippen MR) is 257 cm³/mol. The molecule has 0 saturated heterocycles. The lowest BCUT2D eigenvalue weighted by Crippen LogP contribution is -2.14. The van der Waals surface area contributed by atoms with Gasteiger partial charge in [0.05, 0.1) is 22.8 Å². The Hall–Kier alpha value is -8.22. The summed E-state index contributed by atoms with van der Waals surface area (Å²) in [6.45, 7) is 4.16. The van der Waals surface area contributed by atoms with E-state index in [0.717, 1.165) is 79.2 Å². The standard InChI is InChI=1S/C56H44N6/c1-3-4-22-41(2)61(46-29-14-7-15-30-46)49-35-20-27-44(37-49)53-40-54(45-28-21-36-50(38-45)62(47-31-16-8-17-32-47)48-33-18-9-19-34-48)60-56(59-53)55-57-51(42-23-10-5-11-24-42)39-52(58-55)43-25-12-6-13-26-43/h3-40H,1-2H3/b4-3-,41-22+. The van der Waals surface area contributed by atoms with E-state index in [0.29, 0.717) is 11.6 Å². The van der Waals surface area contributed by atoms with Gasteiger partial charge in [0, 0.05) is 56.4 Å². The van der Waals surface area contributed by atoms with Crippen molar-refractivity contribution in [1.29, 1.82) is 0 Å². The van der Waals surface area contributed by atoms with Crippen LogP contribution in [0, 0.1) is 0 Å². The van der Waals surface area contributed by atoms with Crippen molar-refractivity contribution in [2.24, 2.45) is 0 Å². The molecule has 0 radical (unpaired) electrons. The molecule has 0 bridgehead atoms. The molecule has 6 nitrogen and oxygen atoms in total. The van der Waals surface area contributed by atoms with E-state index in [1.54, 1.807) is 0 Å². The third-order valence-corrected chi connectivity index (χ3v) is 10.5. The summed E-state index contributed by atoms with van der Waals surface area (Å²) >= 11 is 0. The van der Waals surface area contributed by atoms with Crippen molar-refractivity contribution in [2.45, 2.75) is 13.8 Å². The number of rotatable bonds is 12. The number of anilines is 5. The van der Waals surface area contributed by atoms with Crippen LogP contribution in [0.5, 0.6) is 0 Å². The van der Waals surface area contributed by atoms with E-state index >= 15 is 0 Å². The van der Waals surface area contributed by atoms with Crippen LogP contribution in [0.3, 0.4) is 0 Å². The van der Waals surface area contributed by atoms with Crippen molar-refractivity contribution >= 4 is 28.4 Å². The molecule has 0 fully saturated rings. The van der Waals surface area contributed by atoms with Crippen molar-refractivity contribution in [3.63, 3.8) is 0 Å². The van der Waals surface area contributed by atoms with Crippen LogP contribution in [0.2, 0.25) is 0 Å². The van der Waals surface area contributed by atoms with E-state index < -0.39 is 0 Å². The average Bonchev–Trinajstić information content (AvgIpc) is 3.35. The fourth-order valence-corrected chi connectivity index (χ4v) is 7.56. The summed E-state index contributed by atoms with van der Waals surface area (Å²) in [4.78, 5) is 25.4. The van der Waals surface area contributed by atoms with Crippen LogP contribution in [0.25, 0.3) is 56.7 Å². The number of hydrogen-bond donors (Lipinski definition) is 0. The Morgan fingerprint density at radius 1 is 0.371 bits per heavy atom. The zero-order valence-corrected chi connectivity index (χ0v) is 34.6. The number of hydrogen-bond acceptors (Lipinski definition) is 6. The fourth-order valence-electron chi connectivity index (χ4n) is 7.56. The summed E-state index contributed by atoms with van der Waals surface area (Å²) in [7, 11) is 0. The van der Waals surface area contributed by atoms with Gasteiger partial charge in [-0.3, -0.25) is 0 Å². The molecular weight excluding hydrogens is 757 g/mol. The molecular formula is C56H44N6. The Kier molecular flexibility index (Phi) is 11.6. The first kappa shape index (κ1) is 39.3. The lowest BCUT2D eigenvalue weighted by molar-refractivity contribution is 1.09. The normalized spacial score (nSPS) is 11.4. The molecule has 298 valence electrons. The molecule has 7 aromatic carbocycles. The van der Waals surface area contributed by atoms with Crippen LogP contribution < -0.4 is 9.80 Å². The van der Waals surface area contributed by atoms with Gasteiger partial charge < -0.3 is 9.80 Å². The van der Waals surface area contributed by atoms with Gasteiger partial charge in [-0.2, -0.15) is 0 Å². The van der Waals surface area contributed by atoms with E-state index in [1.807, 2.05) is 73.7 Å². The maximum Gasteiger partial charge on any atom is 0.198 e. The minimum atomic E-state index is 0.426. The fraction of sp³-hybridized carbons (Fsp3) is 0.0357. The minimum Gasteiger partial charge on any atom is -0.314 e. The van der Waals surface area contributed by atoms with Crippen LogP contribution in [-0.2, 0) is 0 Å². The predicted octanol–water partition coefficient (Wildman–Crippen LogP) is 14.7. The summed E-state index contributed by atoms with van der Waals surface area (Å²) in [6.07, 6.45) is 6.23. The first-order valence-corrected chi connectivity index (χ1v) is 20.8. The van der Waals surface area contributed by atoms with E-state index in [2.05, 4.69) is 181 Å². The van der Waals surface area contributed by atoms with Gasteiger partial charge in [-0.05, 0) is 92.7 Å². The molecule has 2 aromatic heterocycles. The lowest BCUT2D eigenvalue weighted by Gasteiger charge is -2.26. The Morgan fingerprint density at radius 2 is 0.726 bits per heavy atom. The molecule has 0 saturated carbocycles. The molecule has 0 atom stereocenters. The van der Waals surface area contributed by atoms with Gasteiger partial charge in [0.2, 0.25) is 0 Å². The highest BCUT2D eigenvalue weighted by molar-refractivity contribution is 5.82. The van der Waals surface area contributed by atoms with Crippen LogP contribution in [-0.4, -0.2) is 19.9 Å². The van der Waals surface area contributed by atoms with E-state index in [9.17, 15) is 0 Å². The topological polar surface area (TPSA) is 58.0 Å². The highest BCUT2D eigenvalue weighted by Crippen LogP contribution is 2.38. The van der Waals surface area contributed by atoms with E-state index in [1.165, 1.54) is 0 Å². The number of para-hydroxylation sites is 3. The smallest absolute Gasteiger partial charge is 0.198 e. The van der Waals surface area contributed by atoms with Crippen LogP contribution >= 0.6 is 0 Å². The zero-order chi connectivity index (χ0) is 42.1. The van der Waals surface area contributed by atoms with Crippen LogP contribution in [0.1, 0.15) is 13.8 Å².